The summed E-state index contributed by atoms with van der Waals surface area (Å²) in [6, 6.07) is 6.33. The number of nitrogens with one attached hydrogen (secondary N) is 1. The van der Waals surface area contributed by atoms with Gasteiger partial charge in [0, 0.05) is 37.3 Å². The topological polar surface area (TPSA) is 46.6 Å². The fourth-order valence-electron chi connectivity index (χ4n) is 2.97. The summed E-state index contributed by atoms with van der Waals surface area (Å²) in [4.78, 5) is 7.23. The van der Waals surface area contributed by atoms with E-state index < -0.39 is 0 Å². The number of aromatic nitrogens is 1. The molecular formula is C17H23N3O2S. The predicted octanol–water partition coefficient (Wildman–Crippen LogP) is 2.46. The van der Waals surface area contributed by atoms with Gasteiger partial charge >= 0.3 is 0 Å². The second kappa shape index (κ2) is 7.29. The van der Waals surface area contributed by atoms with Crippen molar-refractivity contribution in [3.63, 3.8) is 0 Å². The van der Waals surface area contributed by atoms with E-state index in [0.29, 0.717) is 0 Å². The molecule has 1 aromatic heterocycles. The lowest BCUT2D eigenvalue weighted by molar-refractivity contribution is 0.197. The van der Waals surface area contributed by atoms with Crippen LogP contribution in [-0.4, -0.2) is 50.3 Å². The molecule has 1 atom stereocenters. The highest BCUT2D eigenvalue weighted by Crippen LogP contribution is 2.36. The average Bonchev–Trinajstić information content (AvgIpc) is 3.02. The van der Waals surface area contributed by atoms with Gasteiger partial charge in [0.2, 0.25) is 0 Å². The number of piperazine rings is 1. The molecule has 2 heterocycles. The Kier molecular flexibility index (Phi) is 5.15. The van der Waals surface area contributed by atoms with Crippen molar-refractivity contribution in [1.29, 1.82) is 0 Å². The van der Waals surface area contributed by atoms with Crippen molar-refractivity contribution < 1.29 is 9.47 Å². The van der Waals surface area contributed by atoms with Gasteiger partial charge < -0.3 is 14.8 Å². The third-order valence-electron chi connectivity index (χ3n) is 4.11. The second-order valence-electron chi connectivity index (χ2n) is 5.63. The highest BCUT2D eigenvalue weighted by molar-refractivity contribution is 7.09. The van der Waals surface area contributed by atoms with Crippen LogP contribution in [0.25, 0.3) is 0 Å². The van der Waals surface area contributed by atoms with Crippen molar-refractivity contribution in [2.24, 2.45) is 0 Å². The fourth-order valence-corrected chi connectivity index (χ4v) is 3.93. The highest BCUT2D eigenvalue weighted by atomic mass is 32.1. The van der Waals surface area contributed by atoms with E-state index in [9.17, 15) is 0 Å². The number of nitrogens with zero attached hydrogens (tertiary/aromatic N) is 2. The number of methoxy groups -OCH3 is 2. The van der Waals surface area contributed by atoms with Crippen LogP contribution in [0.3, 0.4) is 0 Å². The van der Waals surface area contributed by atoms with Gasteiger partial charge in [0.25, 0.3) is 0 Å². The van der Waals surface area contributed by atoms with Crippen LogP contribution in [0.2, 0.25) is 0 Å². The SMILES string of the molecule is COc1ccc(C(c2nc(C)cs2)N2CCNCC2)cc1OC. The predicted molar refractivity (Wildman–Crippen MR) is 92.7 cm³/mol. The van der Waals surface area contributed by atoms with E-state index in [1.807, 2.05) is 13.0 Å². The molecule has 1 aliphatic rings. The molecule has 23 heavy (non-hydrogen) atoms. The molecule has 1 N–H and O–H groups in total. The Hall–Kier alpha value is -1.63. The lowest BCUT2D eigenvalue weighted by Crippen LogP contribution is -2.45. The standard InChI is InChI=1S/C17H23N3O2S/c1-12-11-23-17(19-12)16(20-8-6-18-7-9-20)13-4-5-14(21-2)15(10-13)22-3/h4-5,10-11,16,18H,6-9H2,1-3H3. The molecule has 2 aromatic rings. The van der Waals surface area contributed by atoms with Gasteiger partial charge in [-0.25, -0.2) is 4.98 Å². The van der Waals surface area contributed by atoms with Gasteiger partial charge in [0.15, 0.2) is 11.5 Å². The number of hydrogen-bond donors (Lipinski definition) is 1. The molecule has 1 aliphatic heterocycles. The van der Waals surface area contributed by atoms with Crippen LogP contribution in [0.1, 0.15) is 22.3 Å². The Morgan fingerprint density at radius 3 is 2.52 bits per heavy atom. The first-order valence-corrected chi connectivity index (χ1v) is 8.69. The number of rotatable bonds is 5. The normalized spacial score (nSPS) is 17.0. The van der Waals surface area contributed by atoms with Gasteiger partial charge in [-0.3, -0.25) is 4.90 Å². The number of aryl methyl sites for hydroxylation is 1. The zero-order valence-corrected chi connectivity index (χ0v) is 14.7. The molecule has 0 saturated carbocycles. The van der Waals surface area contributed by atoms with E-state index in [2.05, 4.69) is 27.7 Å². The third-order valence-corrected chi connectivity index (χ3v) is 5.13. The maximum absolute atomic E-state index is 5.48. The average molecular weight is 333 g/mol. The molecule has 1 saturated heterocycles. The molecule has 0 amide bonds. The van der Waals surface area contributed by atoms with Gasteiger partial charge in [-0.2, -0.15) is 0 Å². The Bertz CT molecular complexity index is 653. The minimum absolute atomic E-state index is 0.163. The maximum atomic E-state index is 5.48. The third kappa shape index (κ3) is 3.49. The largest absolute Gasteiger partial charge is 0.493 e. The number of hydrogen-bond acceptors (Lipinski definition) is 6. The van der Waals surface area contributed by atoms with Crippen molar-refractivity contribution in [3.8, 4) is 11.5 Å². The van der Waals surface area contributed by atoms with Crippen molar-refractivity contribution >= 4 is 11.3 Å². The van der Waals surface area contributed by atoms with Crippen molar-refractivity contribution in [3.05, 3.63) is 39.8 Å². The molecule has 0 aliphatic carbocycles. The van der Waals surface area contributed by atoms with Crippen molar-refractivity contribution in [2.45, 2.75) is 13.0 Å². The summed E-state index contributed by atoms with van der Waals surface area (Å²) in [6.45, 7) is 6.08. The summed E-state index contributed by atoms with van der Waals surface area (Å²) in [5, 5.41) is 6.67. The van der Waals surface area contributed by atoms with Gasteiger partial charge in [0.05, 0.1) is 20.3 Å². The molecule has 1 fully saturated rings. The molecule has 5 nitrogen and oxygen atoms in total. The van der Waals surface area contributed by atoms with Crippen molar-refractivity contribution in [2.75, 3.05) is 40.4 Å². The summed E-state index contributed by atoms with van der Waals surface area (Å²) < 4.78 is 10.8. The second-order valence-corrected chi connectivity index (χ2v) is 6.52. The van der Waals surface area contributed by atoms with Crippen molar-refractivity contribution in [1.82, 2.24) is 15.2 Å². The number of ether oxygens (including phenoxy) is 2. The molecular weight excluding hydrogens is 310 g/mol. The lowest BCUT2D eigenvalue weighted by atomic mass is 10.0. The Morgan fingerprint density at radius 1 is 1.17 bits per heavy atom. The summed E-state index contributed by atoms with van der Waals surface area (Å²) in [5.41, 5.74) is 2.27. The first-order chi connectivity index (χ1) is 11.2. The maximum Gasteiger partial charge on any atom is 0.161 e. The van der Waals surface area contributed by atoms with E-state index in [4.69, 9.17) is 14.5 Å². The fraction of sp³-hybridized carbons (Fsp3) is 0.471. The summed E-state index contributed by atoms with van der Waals surface area (Å²) in [6.07, 6.45) is 0. The monoisotopic (exact) mass is 333 g/mol. The number of benzene rings is 1. The Labute approximate surface area is 141 Å². The Morgan fingerprint density at radius 2 is 1.91 bits per heavy atom. The van der Waals surface area contributed by atoms with Crippen LogP contribution in [0.5, 0.6) is 11.5 Å². The summed E-state index contributed by atoms with van der Waals surface area (Å²) in [7, 11) is 3.34. The van der Waals surface area contributed by atoms with Crippen LogP contribution in [0.15, 0.2) is 23.6 Å². The summed E-state index contributed by atoms with van der Waals surface area (Å²) >= 11 is 1.72. The molecule has 3 rings (SSSR count). The van der Waals surface area contributed by atoms with E-state index in [-0.39, 0.29) is 6.04 Å². The molecule has 0 radical (unpaired) electrons. The zero-order valence-electron chi connectivity index (χ0n) is 13.8. The summed E-state index contributed by atoms with van der Waals surface area (Å²) in [5.74, 6) is 1.52. The zero-order chi connectivity index (χ0) is 16.2. The first kappa shape index (κ1) is 16.2. The minimum Gasteiger partial charge on any atom is -0.493 e. The Balaban J connectivity index is 2.00. The van der Waals surface area contributed by atoms with E-state index in [0.717, 1.165) is 48.4 Å². The first-order valence-electron chi connectivity index (χ1n) is 7.81. The van der Waals surface area contributed by atoms with Crippen LogP contribution >= 0.6 is 11.3 Å². The molecule has 1 aromatic carbocycles. The van der Waals surface area contributed by atoms with Gasteiger partial charge in [-0.1, -0.05) is 6.07 Å². The van der Waals surface area contributed by atoms with Crippen LogP contribution in [0, 0.1) is 6.92 Å². The van der Waals surface area contributed by atoms with E-state index in [1.54, 1.807) is 25.6 Å². The molecule has 0 spiro atoms. The van der Waals surface area contributed by atoms with Crippen LogP contribution < -0.4 is 14.8 Å². The molecule has 124 valence electrons. The molecule has 6 heteroatoms. The van der Waals surface area contributed by atoms with E-state index >= 15 is 0 Å². The smallest absolute Gasteiger partial charge is 0.161 e. The quantitative estimate of drug-likeness (QED) is 0.911. The minimum atomic E-state index is 0.163. The van der Waals surface area contributed by atoms with Crippen LogP contribution in [0.4, 0.5) is 0 Å². The molecule has 1 unspecified atom stereocenters. The van der Waals surface area contributed by atoms with Gasteiger partial charge in [0.1, 0.15) is 5.01 Å². The number of thiazole rings is 1. The van der Waals surface area contributed by atoms with E-state index in [1.165, 1.54) is 5.56 Å². The van der Waals surface area contributed by atoms with Gasteiger partial charge in [-0.05, 0) is 24.6 Å². The lowest BCUT2D eigenvalue weighted by Gasteiger charge is -2.34. The molecule has 0 bridgehead atoms. The van der Waals surface area contributed by atoms with Crippen LogP contribution in [-0.2, 0) is 0 Å². The van der Waals surface area contributed by atoms with Gasteiger partial charge in [-0.15, -0.1) is 11.3 Å². The highest BCUT2D eigenvalue weighted by Gasteiger charge is 2.27.